The molecule has 0 aromatic carbocycles. The molecule has 4 heterocycles. The van der Waals surface area contributed by atoms with E-state index in [1.54, 1.807) is 46.8 Å². The molecule has 0 radical (unpaired) electrons. The van der Waals surface area contributed by atoms with E-state index in [9.17, 15) is 9.90 Å². The molecule has 28 heavy (non-hydrogen) atoms. The van der Waals surface area contributed by atoms with Crippen molar-refractivity contribution in [3.8, 4) is 10.6 Å². The van der Waals surface area contributed by atoms with Crippen molar-refractivity contribution in [3.05, 3.63) is 71.4 Å². The molecule has 0 saturated heterocycles. The Labute approximate surface area is 164 Å². The Kier molecular flexibility index (Phi) is 4.90. The number of thiophene rings is 1. The van der Waals surface area contributed by atoms with Crippen molar-refractivity contribution >= 4 is 23.1 Å². The van der Waals surface area contributed by atoms with E-state index < -0.39 is 11.9 Å². The fourth-order valence-corrected chi connectivity index (χ4v) is 3.54. The van der Waals surface area contributed by atoms with E-state index in [1.807, 2.05) is 23.6 Å². The molecule has 1 atom stereocenters. The number of imidazole rings is 1. The van der Waals surface area contributed by atoms with Crippen molar-refractivity contribution in [2.24, 2.45) is 0 Å². The molecule has 9 heteroatoms. The molecule has 0 bridgehead atoms. The third-order valence-electron chi connectivity index (χ3n) is 4.26. The average Bonchev–Trinajstić information content (AvgIpc) is 3.43. The molecule has 4 aromatic heterocycles. The van der Waals surface area contributed by atoms with E-state index in [1.165, 1.54) is 0 Å². The zero-order chi connectivity index (χ0) is 19.5. The second kappa shape index (κ2) is 7.65. The van der Waals surface area contributed by atoms with Crippen molar-refractivity contribution in [1.82, 2.24) is 19.7 Å². The molecule has 0 aliphatic carbocycles. The maximum atomic E-state index is 11.8. The minimum Gasteiger partial charge on any atom is -0.481 e. The van der Waals surface area contributed by atoms with Gasteiger partial charge in [0.05, 0.1) is 23.4 Å². The second-order valence-corrected chi connectivity index (χ2v) is 7.26. The van der Waals surface area contributed by atoms with Gasteiger partial charge in [-0.25, -0.2) is 9.97 Å². The van der Waals surface area contributed by atoms with Gasteiger partial charge in [-0.05, 0) is 29.5 Å². The van der Waals surface area contributed by atoms with Crippen molar-refractivity contribution in [1.29, 1.82) is 0 Å². The van der Waals surface area contributed by atoms with Crippen molar-refractivity contribution < 1.29 is 14.4 Å². The van der Waals surface area contributed by atoms with E-state index in [0.29, 0.717) is 23.8 Å². The minimum absolute atomic E-state index is 0.284. The van der Waals surface area contributed by atoms with E-state index in [0.717, 1.165) is 16.1 Å². The second-order valence-electron chi connectivity index (χ2n) is 6.32. The molecule has 0 aliphatic heterocycles. The predicted molar refractivity (Wildman–Crippen MR) is 104 cm³/mol. The number of carbonyl (C=O) groups is 1. The van der Waals surface area contributed by atoms with Gasteiger partial charge in [0.15, 0.2) is 5.76 Å². The van der Waals surface area contributed by atoms with Gasteiger partial charge >= 0.3 is 5.97 Å². The highest BCUT2D eigenvalue weighted by Gasteiger charge is 2.23. The standard InChI is InChI=1S/C19H17N5O3S/c20-18-4-3-12(8-21-18)6-14(19(25)26)15-10-24(11-22-15)9-13-7-16(27-23-13)17-2-1-5-28-17/h1-5,7-8,10-11,14H,6,9H2,(H2,20,21)(H,25,26). The Hall–Kier alpha value is -3.46. The summed E-state index contributed by atoms with van der Waals surface area (Å²) in [6.07, 6.45) is 5.20. The number of nitrogens with two attached hydrogens (primary N) is 1. The molecule has 0 spiro atoms. The Morgan fingerprint density at radius 3 is 2.93 bits per heavy atom. The molecule has 4 rings (SSSR count). The van der Waals surface area contributed by atoms with Gasteiger partial charge in [-0.2, -0.15) is 0 Å². The quantitative estimate of drug-likeness (QED) is 0.493. The first-order valence-electron chi connectivity index (χ1n) is 8.53. The molecule has 0 amide bonds. The summed E-state index contributed by atoms with van der Waals surface area (Å²) in [5.74, 6) is -0.604. The normalized spacial score (nSPS) is 12.1. The summed E-state index contributed by atoms with van der Waals surface area (Å²) < 4.78 is 7.17. The summed E-state index contributed by atoms with van der Waals surface area (Å²) in [4.78, 5) is 21.1. The van der Waals surface area contributed by atoms with Crippen LogP contribution in [0.2, 0.25) is 0 Å². The number of carboxylic acid groups (broad SMARTS) is 1. The Morgan fingerprint density at radius 1 is 1.32 bits per heavy atom. The molecular weight excluding hydrogens is 378 g/mol. The molecule has 8 nitrogen and oxygen atoms in total. The van der Waals surface area contributed by atoms with E-state index in [4.69, 9.17) is 10.3 Å². The highest BCUT2D eigenvalue weighted by molar-refractivity contribution is 7.13. The SMILES string of the molecule is Nc1ccc(CC(C(=O)O)c2cn(Cc3cc(-c4cccs4)on3)cn2)cn1. The first kappa shape index (κ1) is 17.9. The van der Waals surface area contributed by atoms with Gasteiger partial charge in [0, 0.05) is 18.5 Å². The average molecular weight is 395 g/mol. The highest BCUT2D eigenvalue weighted by Crippen LogP contribution is 2.26. The van der Waals surface area contributed by atoms with E-state index >= 15 is 0 Å². The van der Waals surface area contributed by atoms with E-state index in [2.05, 4.69) is 15.1 Å². The minimum atomic E-state index is -0.941. The first-order valence-corrected chi connectivity index (χ1v) is 9.41. The third kappa shape index (κ3) is 3.94. The molecular formula is C19H17N5O3S. The first-order chi connectivity index (χ1) is 13.6. The third-order valence-corrected chi connectivity index (χ3v) is 5.15. The van der Waals surface area contributed by atoms with Crippen LogP contribution in [0.4, 0.5) is 5.82 Å². The maximum absolute atomic E-state index is 11.8. The van der Waals surface area contributed by atoms with Crippen LogP contribution >= 0.6 is 11.3 Å². The summed E-state index contributed by atoms with van der Waals surface area (Å²) >= 11 is 1.58. The van der Waals surface area contributed by atoms with Gasteiger partial charge < -0.3 is 19.9 Å². The van der Waals surface area contributed by atoms with Gasteiger partial charge in [0.2, 0.25) is 0 Å². The summed E-state index contributed by atoms with van der Waals surface area (Å²) in [6, 6.07) is 9.22. The van der Waals surface area contributed by atoms with Crippen LogP contribution in [0, 0.1) is 0 Å². The fraction of sp³-hybridized carbons (Fsp3) is 0.158. The van der Waals surface area contributed by atoms with Crippen molar-refractivity contribution in [3.63, 3.8) is 0 Å². The highest BCUT2D eigenvalue weighted by atomic mass is 32.1. The van der Waals surface area contributed by atoms with E-state index in [-0.39, 0.29) is 6.42 Å². The van der Waals surface area contributed by atoms with Crippen molar-refractivity contribution in [2.45, 2.75) is 18.9 Å². The number of nitrogen functional groups attached to an aromatic ring is 1. The Morgan fingerprint density at radius 2 is 2.21 bits per heavy atom. The summed E-state index contributed by atoms with van der Waals surface area (Å²) in [5, 5.41) is 15.7. The lowest BCUT2D eigenvalue weighted by Gasteiger charge is -2.09. The molecule has 4 aromatic rings. The zero-order valence-corrected chi connectivity index (χ0v) is 15.5. The van der Waals surface area contributed by atoms with Crippen LogP contribution in [0.5, 0.6) is 0 Å². The number of hydrogen-bond acceptors (Lipinski definition) is 7. The number of rotatable bonds is 7. The monoisotopic (exact) mass is 395 g/mol. The lowest BCUT2D eigenvalue weighted by atomic mass is 9.98. The lowest BCUT2D eigenvalue weighted by molar-refractivity contribution is -0.138. The van der Waals surface area contributed by atoms with Crippen LogP contribution < -0.4 is 5.73 Å². The van der Waals surface area contributed by atoms with Crippen LogP contribution in [-0.4, -0.2) is 30.8 Å². The number of aliphatic carboxylic acids is 1. The molecule has 0 saturated carbocycles. The Balaban J connectivity index is 1.49. The Bertz CT molecular complexity index is 1070. The van der Waals surface area contributed by atoms with Crippen LogP contribution in [-0.2, 0) is 17.8 Å². The summed E-state index contributed by atoms with van der Waals surface area (Å²) in [7, 11) is 0. The van der Waals surface area contributed by atoms with Gasteiger partial charge in [-0.3, -0.25) is 4.79 Å². The molecule has 0 fully saturated rings. The molecule has 3 N–H and O–H groups in total. The smallest absolute Gasteiger partial charge is 0.312 e. The van der Waals surface area contributed by atoms with Gasteiger partial charge in [0.1, 0.15) is 17.4 Å². The number of aromatic nitrogens is 4. The summed E-state index contributed by atoms with van der Waals surface area (Å²) in [5.41, 5.74) is 7.58. The fourth-order valence-electron chi connectivity index (χ4n) is 2.86. The maximum Gasteiger partial charge on any atom is 0.312 e. The molecule has 142 valence electrons. The van der Waals surface area contributed by atoms with Crippen LogP contribution in [0.1, 0.15) is 22.9 Å². The molecule has 1 unspecified atom stereocenters. The van der Waals surface area contributed by atoms with Crippen LogP contribution in [0.3, 0.4) is 0 Å². The lowest BCUT2D eigenvalue weighted by Crippen LogP contribution is -2.15. The number of anilines is 1. The number of hydrogen-bond donors (Lipinski definition) is 2. The predicted octanol–water partition coefficient (Wildman–Crippen LogP) is 3.04. The number of nitrogens with zero attached hydrogens (tertiary/aromatic N) is 4. The van der Waals surface area contributed by atoms with Crippen molar-refractivity contribution in [2.75, 3.05) is 5.73 Å². The number of carboxylic acids is 1. The zero-order valence-electron chi connectivity index (χ0n) is 14.7. The summed E-state index contributed by atoms with van der Waals surface area (Å²) in [6.45, 7) is 0.442. The van der Waals surface area contributed by atoms with Crippen LogP contribution in [0.15, 0.2) is 59.0 Å². The largest absolute Gasteiger partial charge is 0.481 e. The van der Waals surface area contributed by atoms with Gasteiger partial charge in [-0.1, -0.05) is 17.3 Å². The van der Waals surface area contributed by atoms with Crippen LogP contribution in [0.25, 0.3) is 10.6 Å². The van der Waals surface area contributed by atoms with Gasteiger partial charge in [0.25, 0.3) is 0 Å². The number of pyridine rings is 1. The topological polar surface area (TPSA) is 120 Å². The molecule has 0 aliphatic rings. The van der Waals surface area contributed by atoms with Gasteiger partial charge in [-0.15, -0.1) is 11.3 Å².